The average Bonchev–Trinajstić information content (AvgIpc) is 2.76. The Bertz CT molecular complexity index is 425. The zero-order chi connectivity index (χ0) is 9.97. The van der Waals surface area contributed by atoms with Gasteiger partial charge in [0.2, 0.25) is 0 Å². The van der Waals surface area contributed by atoms with Crippen molar-refractivity contribution in [2.24, 2.45) is 0 Å². The van der Waals surface area contributed by atoms with Crippen LogP contribution in [-0.2, 0) is 6.42 Å². The first-order valence-electron chi connectivity index (χ1n) is 3.89. The normalized spacial score (nSPS) is 10.7. The van der Waals surface area contributed by atoms with Crippen LogP contribution in [0.2, 0.25) is 0 Å². The van der Waals surface area contributed by atoms with Crippen molar-refractivity contribution in [3.8, 4) is 0 Å². The van der Waals surface area contributed by atoms with Gasteiger partial charge in [-0.3, -0.25) is 0 Å². The standard InChI is InChI=1S/C7H6BrN3S3/c1-2-4-3-12-6(9-4)14-7-11-10-5(8)13-7/h3H,2H2,1H3. The van der Waals surface area contributed by atoms with Crippen molar-refractivity contribution in [1.82, 2.24) is 15.2 Å². The minimum absolute atomic E-state index is 0.812. The first-order valence-corrected chi connectivity index (χ1v) is 7.19. The van der Waals surface area contributed by atoms with Gasteiger partial charge in [-0.1, -0.05) is 18.3 Å². The molecule has 14 heavy (non-hydrogen) atoms. The summed E-state index contributed by atoms with van der Waals surface area (Å²) in [7, 11) is 0. The second kappa shape index (κ2) is 4.69. The molecule has 2 rings (SSSR count). The van der Waals surface area contributed by atoms with Gasteiger partial charge in [0.05, 0.1) is 5.69 Å². The van der Waals surface area contributed by atoms with Crippen molar-refractivity contribution in [3.05, 3.63) is 15.0 Å². The van der Waals surface area contributed by atoms with Crippen LogP contribution in [0.5, 0.6) is 0 Å². The highest BCUT2D eigenvalue weighted by Gasteiger charge is 2.07. The van der Waals surface area contributed by atoms with Crippen molar-refractivity contribution in [1.29, 1.82) is 0 Å². The van der Waals surface area contributed by atoms with Crippen molar-refractivity contribution in [2.45, 2.75) is 22.0 Å². The summed E-state index contributed by atoms with van der Waals surface area (Å²) in [5.74, 6) is 0. The summed E-state index contributed by atoms with van der Waals surface area (Å²) in [6.45, 7) is 2.10. The van der Waals surface area contributed by atoms with Crippen molar-refractivity contribution < 1.29 is 0 Å². The molecule has 0 aliphatic rings. The highest BCUT2D eigenvalue weighted by Crippen LogP contribution is 2.33. The second-order valence-electron chi connectivity index (χ2n) is 2.38. The average molecular weight is 308 g/mol. The summed E-state index contributed by atoms with van der Waals surface area (Å²) in [5, 5.41) is 9.96. The second-order valence-corrected chi connectivity index (χ2v) is 6.99. The molecule has 0 N–H and O–H groups in total. The van der Waals surface area contributed by atoms with Crippen LogP contribution >= 0.6 is 50.4 Å². The third-order valence-electron chi connectivity index (χ3n) is 1.45. The monoisotopic (exact) mass is 307 g/mol. The number of hydrogen-bond donors (Lipinski definition) is 0. The summed E-state index contributed by atoms with van der Waals surface area (Å²) < 4.78 is 2.77. The van der Waals surface area contributed by atoms with E-state index in [0.29, 0.717) is 0 Å². The SMILES string of the molecule is CCc1csc(Sc2nnc(Br)s2)n1. The molecule has 0 bridgehead atoms. The molecule has 0 aromatic carbocycles. The molecule has 0 aliphatic heterocycles. The zero-order valence-electron chi connectivity index (χ0n) is 7.23. The predicted molar refractivity (Wildman–Crippen MR) is 63.2 cm³/mol. The molecule has 0 radical (unpaired) electrons. The van der Waals surface area contributed by atoms with E-state index in [9.17, 15) is 0 Å². The van der Waals surface area contributed by atoms with Gasteiger partial charge in [0.15, 0.2) is 12.6 Å². The lowest BCUT2D eigenvalue weighted by molar-refractivity contribution is 0.991. The van der Waals surface area contributed by atoms with Gasteiger partial charge in [-0.05, 0) is 34.1 Å². The molecule has 0 amide bonds. The van der Waals surface area contributed by atoms with Gasteiger partial charge in [-0.2, -0.15) is 0 Å². The van der Waals surface area contributed by atoms with Crippen LogP contribution < -0.4 is 0 Å². The molecule has 0 saturated carbocycles. The first kappa shape index (κ1) is 10.5. The third-order valence-corrected chi connectivity index (χ3v) is 4.84. The smallest absolute Gasteiger partial charge is 0.184 e. The Morgan fingerprint density at radius 1 is 1.43 bits per heavy atom. The minimum atomic E-state index is 0.812. The van der Waals surface area contributed by atoms with E-state index in [1.54, 1.807) is 23.1 Å². The summed E-state index contributed by atoms with van der Waals surface area (Å²) >= 11 is 8.02. The van der Waals surface area contributed by atoms with E-state index >= 15 is 0 Å². The Morgan fingerprint density at radius 3 is 2.86 bits per heavy atom. The number of hydrogen-bond acceptors (Lipinski definition) is 6. The van der Waals surface area contributed by atoms with Crippen LogP contribution in [0.4, 0.5) is 0 Å². The van der Waals surface area contributed by atoms with Crippen LogP contribution in [0, 0.1) is 0 Å². The van der Waals surface area contributed by atoms with E-state index in [4.69, 9.17) is 0 Å². The Hall–Kier alpha value is 0.0200. The molecule has 2 heterocycles. The van der Waals surface area contributed by atoms with Gasteiger partial charge in [-0.25, -0.2) is 4.98 Å². The van der Waals surface area contributed by atoms with Gasteiger partial charge >= 0.3 is 0 Å². The summed E-state index contributed by atoms with van der Waals surface area (Å²) in [5.41, 5.74) is 1.14. The number of thiazole rings is 1. The quantitative estimate of drug-likeness (QED) is 0.870. The highest BCUT2D eigenvalue weighted by molar-refractivity contribution is 9.11. The Labute approximate surface area is 102 Å². The van der Waals surface area contributed by atoms with Gasteiger partial charge in [0.1, 0.15) is 0 Å². The fraction of sp³-hybridized carbons (Fsp3) is 0.286. The largest absolute Gasteiger partial charge is 0.234 e. The fourth-order valence-corrected chi connectivity index (χ4v) is 4.37. The van der Waals surface area contributed by atoms with Crippen LogP contribution in [0.1, 0.15) is 12.6 Å². The van der Waals surface area contributed by atoms with E-state index < -0.39 is 0 Å². The van der Waals surface area contributed by atoms with E-state index in [1.807, 2.05) is 0 Å². The highest BCUT2D eigenvalue weighted by atomic mass is 79.9. The molecule has 0 unspecified atom stereocenters. The van der Waals surface area contributed by atoms with E-state index in [0.717, 1.165) is 24.7 Å². The summed E-state index contributed by atoms with van der Waals surface area (Å²) in [4.78, 5) is 4.44. The van der Waals surface area contributed by atoms with Crippen LogP contribution in [-0.4, -0.2) is 15.2 Å². The van der Waals surface area contributed by atoms with Crippen LogP contribution in [0.25, 0.3) is 0 Å². The maximum absolute atomic E-state index is 4.44. The maximum atomic E-state index is 4.44. The predicted octanol–water partition coefficient (Wildman–Crippen LogP) is 3.47. The molecule has 7 heteroatoms. The molecule has 0 aliphatic carbocycles. The molecular formula is C7H6BrN3S3. The maximum Gasteiger partial charge on any atom is 0.184 e. The number of nitrogens with zero attached hydrogens (tertiary/aromatic N) is 3. The van der Waals surface area contributed by atoms with Crippen molar-refractivity contribution >= 4 is 50.4 Å². The topological polar surface area (TPSA) is 38.7 Å². The number of aromatic nitrogens is 3. The van der Waals surface area contributed by atoms with E-state index in [-0.39, 0.29) is 0 Å². The lowest BCUT2D eigenvalue weighted by Crippen LogP contribution is -1.77. The van der Waals surface area contributed by atoms with Crippen molar-refractivity contribution in [2.75, 3.05) is 0 Å². The van der Waals surface area contributed by atoms with Crippen LogP contribution in [0.15, 0.2) is 18.0 Å². The summed E-state index contributed by atoms with van der Waals surface area (Å²) in [6, 6.07) is 0. The molecule has 0 atom stereocenters. The van der Waals surface area contributed by atoms with Crippen LogP contribution in [0.3, 0.4) is 0 Å². The third kappa shape index (κ3) is 2.53. The molecular weight excluding hydrogens is 302 g/mol. The molecule has 0 spiro atoms. The van der Waals surface area contributed by atoms with E-state index in [1.165, 1.54) is 11.3 Å². The Morgan fingerprint density at radius 2 is 2.29 bits per heavy atom. The van der Waals surface area contributed by atoms with Gasteiger partial charge < -0.3 is 0 Å². The molecule has 0 saturated heterocycles. The Kier molecular flexibility index (Phi) is 3.53. The number of halogens is 1. The summed E-state index contributed by atoms with van der Waals surface area (Å²) in [6.07, 6.45) is 0.983. The minimum Gasteiger partial charge on any atom is -0.234 e. The van der Waals surface area contributed by atoms with Gasteiger partial charge in [-0.15, -0.1) is 21.5 Å². The fourth-order valence-electron chi connectivity index (χ4n) is 0.807. The van der Waals surface area contributed by atoms with E-state index in [2.05, 4.69) is 43.4 Å². The molecule has 0 fully saturated rings. The zero-order valence-corrected chi connectivity index (χ0v) is 11.3. The first-order chi connectivity index (χ1) is 6.78. The lowest BCUT2D eigenvalue weighted by Gasteiger charge is -1.87. The number of rotatable bonds is 3. The van der Waals surface area contributed by atoms with Crippen molar-refractivity contribution in [3.63, 3.8) is 0 Å². The Balaban J connectivity index is 2.10. The lowest BCUT2D eigenvalue weighted by atomic mass is 10.4. The van der Waals surface area contributed by atoms with Gasteiger partial charge in [0.25, 0.3) is 0 Å². The van der Waals surface area contributed by atoms with Gasteiger partial charge in [0, 0.05) is 5.38 Å². The molecule has 3 nitrogen and oxygen atoms in total. The molecule has 74 valence electrons. The molecule has 2 aromatic rings. The molecule has 2 aromatic heterocycles. The number of aryl methyl sites for hydroxylation is 1.